The Hall–Kier alpha value is -0.730. The van der Waals surface area contributed by atoms with Gasteiger partial charge >= 0.3 is 0 Å². The number of anilines is 1. The highest BCUT2D eigenvalue weighted by atomic mass is 35.5. The third-order valence-corrected chi connectivity index (χ3v) is 4.52. The van der Waals surface area contributed by atoms with Crippen molar-refractivity contribution >= 4 is 17.3 Å². The van der Waals surface area contributed by atoms with Crippen LogP contribution in [0.25, 0.3) is 0 Å². The molecule has 0 aromatic heterocycles. The zero-order valence-corrected chi connectivity index (χ0v) is 11.9. The lowest BCUT2D eigenvalue weighted by atomic mass is 9.70. The molecule has 1 saturated carbocycles. The molecule has 2 nitrogen and oxygen atoms in total. The first-order chi connectivity index (χ1) is 8.55. The minimum Gasteiger partial charge on any atom is -0.394 e. The number of benzene rings is 1. The molecule has 2 rings (SSSR count). The molecule has 0 bridgehead atoms. The lowest BCUT2D eigenvalue weighted by molar-refractivity contribution is 0.103. The van der Waals surface area contributed by atoms with Crippen LogP contribution < -0.4 is 5.32 Å². The van der Waals surface area contributed by atoms with E-state index in [4.69, 9.17) is 11.6 Å². The number of hydrogen-bond acceptors (Lipinski definition) is 2. The van der Waals surface area contributed by atoms with Crippen LogP contribution in [0.15, 0.2) is 24.3 Å². The van der Waals surface area contributed by atoms with Crippen LogP contribution in [0.4, 0.5) is 5.69 Å². The van der Waals surface area contributed by atoms with Gasteiger partial charge in [0.25, 0.3) is 0 Å². The van der Waals surface area contributed by atoms with E-state index in [0.29, 0.717) is 11.8 Å². The van der Waals surface area contributed by atoms with Gasteiger partial charge in [-0.25, -0.2) is 0 Å². The average molecular weight is 268 g/mol. The van der Waals surface area contributed by atoms with E-state index in [2.05, 4.69) is 19.2 Å². The smallest absolute Gasteiger partial charge is 0.0664 e. The zero-order chi connectivity index (χ0) is 13.2. The first-order valence-corrected chi connectivity index (χ1v) is 7.08. The van der Waals surface area contributed by atoms with Gasteiger partial charge in [0.1, 0.15) is 0 Å². The molecule has 3 heteroatoms. The fraction of sp³-hybridized carbons (Fsp3) is 0.600. The second-order valence-corrected chi connectivity index (χ2v) is 6.17. The Kier molecular flexibility index (Phi) is 4.18. The van der Waals surface area contributed by atoms with Crippen LogP contribution >= 0.6 is 11.6 Å². The molecule has 100 valence electrons. The van der Waals surface area contributed by atoms with Crippen molar-refractivity contribution in [3.05, 3.63) is 29.3 Å². The maximum Gasteiger partial charge on any atom is 0.0664 e. The minimum absolute atomic E-state index is 0.182. The first-order valence-electron chi connectivity index (χ1n) is 6.70. The van der Waals surface area contributed by atoms with Crippen LogP contribution in [0.5, 0.6) is 0 Å². The summed E-state index contributed by atoms with van der Waals surface area (Å²) in [7, 11) is 0. The summed E-state index contributed by atoms with van der Waals surface area (Å²) < 4.78 is 0. The SMILES string of the molecule is CC1CCC(C)C(CO)(Nc2ccc(Cl)cc2)C1. The molecule has 1 aromatic carbocycles. The van der Waals surface area contributed by atoms with E-state index >= 15 is 0 Å². The molecule has 3 atom stereocenters. The highest BCUT2D eigenvalue weighted by Gasteiger charge is 2.40. The first kappa shape index (κ1) is 13.7. The van der Waals surface area contributed by atoms with Crippen LogP contribution in [0.2, 0.25) is 5.02 Å². The number of nitrogens with one attached hydrogen (secondary N) is 1. The molecule has 18 heavy (non-hydrogen) atoms. The normalized spacial score (nSPS) is 32.2. The number of halogens is 1. The maximum atomic E-state index is 9.86. The fourth-order valence-corrected chi connectivity index (χ4v) is 3.12. The van der Waals surface area contributed by atoms with Gasteiger partial charge in [0.15, 0.2) is 0 Å². The largest absolute Gasteiger partial charge is 0.394 e. The average Bonchev–Trinajstić information content (AvgIpc) is 2.37. The van der Waals surface area contributed by atoms with Crippen LogP contribution in [0, 0.1) is 11.8 Å². The third kappa shape index (κ3) is 2.81. The molecule has 0 amide bonds. The Balaban J connectivity index is 2.18. The van der Waals surface area contributed by atoms with Gasteiger partial charge in [-0.05, 0) is 48.9 Å². The Morgan fingerprint density at radius 3 is 2.56 bits per heavy atom. The Morgan fingerprint density at radius 2 is 1.94 bits per heavy atom. The lowest BCUT2D eigenvalue weighted by Gasteiger charge is -2.45. The van der Waals surface area contributed by atoms with E-state index in [1.165, 1.54) is 12.8 Å². The van der Waals surface area contributed by atoms with Crippen molar-refractivity contribution in [3.63, 3.8) is 0 Å². The van der Waals surface area contributed by atoms with E-state index in [1.54, 1.807) is 0 Å². The van der Waals surface area contributed by atoms with Gasteiger partial charge in [0, 0.05) is 10.7 Å². The van der Waals surface area contributed by atoms with E-state index < -0.39 is 0 Å². The molecule has 3 unspecified atom stereocenters. The molecule has 1 aromatic rings. The summed E-state index contributed by atoms with van der Waals surface area (Å²) in [5, 5.41) is 14.1. The lowest BCUT2D eigenvalue weighted by Crippen LogP contribution is -2.51. The third-order valence-electron chi connectivity index (χ3n) is 4.27. The summed E-state index contributed by atoms with van der Waals surface area (Å²) in [5.74, 6) is 1.14. The molecule has 1 aliphatic rings. The molecular weight excluding hydrogens is 246 g/mol. The summed E-state index contributed by atoms with van der Waals surface area (Å²) in [6, 6.07) is 7.72. The summed E-state index contributed by atoms with van der Waals surface area (Å²) in [5.41, 5.74) is 0.847. The van der Waals surface area contributed by atoms with Crippen LogP contribution in [-0.4, -0.2) is 17.3 Å². The molecule has 0 heterocycles. The van der Waals surface area contributed by atoms with Gasteiger partial charge < -0.3 is 10.4 Å². The van der Waals surface area contributed by atoms with Crippen molar-refractivity contribution in [3.8, 4) is 0 Å². The Bertz CT molecular complexity index is 392. The van der Waals surface area contributed by atoms with Gasteiger partial charge in [-0.3, -0.25) is 0 Å². The highest BCUT2D eigenvalue weighted by molar-refractivity contribution is 6.30. The molecule has 1 aliphatic carbocycles. The number of aliphatic hydroxyl groups is 1. The van der Waals surface area contributed by atoms with Crippen LogP contribution in [0.1, 0.15) is 33.1 Å². The van der Waals surface area contributed by atoms with E-state index in [0.717, 1.165) is 17.1 Å². The van der Waals surface area contributed by atoms with E-state index in [1.807, 2.05) is 24.3 Å². The van der Waals surface area contributed by atoms with Gasteiger partial charge in [-0.15, -0.1) is 0 Å². The fourth-order valence-electron chi connectivity index (χ4n) is 2.99. The molecule has 2 N–H and O–H groups in total. The minimum atomic E-state index is -0.189. The standard InChI is InChI=1S/C15H22ClNO/c1-11-3-4-12(2)15(9-11,10-18)17-14-7-5-13(16)6-8-14/h5-8,11-12,17-18H,3-4,9-10H2,1-2H3. The van der Waals surface area contributed by atoms with Gasteiger partial charge in [-0.1, -0.05) is 31.9 Å². The quantitative estimate of drug-likeness (QED) is 0.869. The Morgan fingerprint density at radius 1 is 1.28 bits per heavy atom. The maximum absolute atomic E-state index is 9.86. The second-order valence-electron chi connectivity index (χ2n) is 5.73. The van der Waals surface area contributed by atoms with Gasteiger partial charge in [-0.2, -0.15) is 0 Å². The topological polar surface area (TPSA) is 32.3 Å². The number of hydrogen-bond donors (Lipinski definition) is 2. The molecule has 0 radical (unpaired) electrons. The van der Waals surface area contributed by atoms with Gasteiger partial charge in [0.05, 0.1) is 12.1 Å². The monoisotopic (exact) mass is 267 g/mol. The molecule has 0 spiro atoms. The number of aliphatic hydroxyl groups excluding tert-OH is 1. The zero-order valence-electron chi connectivity index (χ0n) is 11.1. The predicted molar refractivity (Wildman–Crippen MR) is 77.1 cm³/mol. The summed E-state index contributed by atoms with van der Waals surface area (Å²) >= 11 is 5.90. The van der Waals surface area contributed by atoms with Crippen molar-refractivity contribution < 1.29 is 5.11 Å². The van der Waals surface area contributed by atoms with Crippen molar-refractivity contribution in [2.45, 2.75) is 38.6 Å². The Labute approximate surface area is 114 Å². The predicted octanol–water partition coefficient (Wildman–Crippen LogP) is 3.94. The van der Waals surface area contributed by atoms with Crippen molar-refractivity contribution in [1.29, 1.82) is 0 Å². The van der Waals surface area contributed by atoms with Gasteiger partial charge in [0.2, 0.25) is 0 Å². The van der Waals surface area contributed by atoms with Crippen LogP contribution in [0.3, 0.4) is 0 Å². The van der Waals surface area contributed by atoms with E-state index in [9.17, 15) is 5.11 Å². The van der Waals surface area contributed by atoms with Crippen molar-refractivity contribution in [1.82, 2.24) is 0 Å². The molecule has 0 aliphatic heterocycles. The molecule has 0 saturated heterocycles. The highest BCUT2D eigenvalue weighted by Crippen LogP contribution is 2.39. The number of rotatable bonds is 3. The second kappa shape index (κ2) is 5.50. The summed E-state index contributed by atoms with van der Waals surface area (Å²) in [6.45, 7) is 4.67. The molecular formula is C15H22ClNO. The van der Waals surface area contributed by atoms with E-state index in [-0.39, 0.29) is 12.1 Å². The summed E-state index contributed by atoms with van der Waals surface area (Å²) in [4.78, 5) is 0. The molecule has 1 fully saturated rings. The van der Waals surface area contributed by atoms with Crippen LogP contribution in [-0.2, 0) is 0 Å². The van der Waals surface area contributed by atoms with Crippen molar-refractivity contribution in [2.24, 2.45) is 11.8 Å². The summed E-state index contributed by atoms with van der Waals surface area (Å²) in [6.07, 6.45) is 3.45. The van der Waals surface area contributed by atoms with Crippen molar-refractivity contribution in [2.75, 3.05) is 11.9 Å².